The van der Waals surface area contributed by atoms with Crippen LogP contribution in [0.2, 0.25) is 0 Å². The van der Waals surface area contributed by atoms with Crippen molar-refractivity contribution in [3.8, 4) is 5.75 Å². The van der Waals surface area contributed by atoms with Crippen LogP contribution in [0.4, 0.5) is 0 Å². The first kappa shape index (κ1) is 13.1. The van der Waals surface area contributed by atoms with Crippen molar-refractivity contribution in [1.82, 2.24) is 15.1 Å². The molecule has 1 atom stereocenters. The summed E-state index contributed by atoms with van der Waals surface area (Å²) in [6.07, 6.45) is 3.29. The van der Waals surface area contributed by atoms with Crippen LogP contribution in [0.1, 0.15) is 17.2 Å². The number of nitrogens with two attached hydrogens (primary N) is 1. The Morgan fingerprint density at radius 1 is 1.47 bits per heavy atom. The van der Waals surface area contributed by atoms with Crippen LogP contribution >= 0.6 is 0 Å². The molecule has 0 radical (unpaired) electrons. The number of nitrogens with zero attached hydrogens (tertiary/aromatic N) is 2. The van der Waals surface area contributed by atoms with E-state index in [9.17, 15) is 4.79 Å². The van der Waals surface area contributed by atoms with Crippen LogP contribution < -0.4 is 11.1 Å². The van der Waals surface area contributed by atoms with E-state index in [1.807, 2.05) is 0 Å². The van der Waals surface area contributed by atoms with E-state index in [1.165, 1.54) is 0 Å². The van der Waals surface area contributed by atoms with Crippen molar-refractivity contribution in [3.63, 3.8) is 0 Å². The molecule has 0 spiro atoms. The summed E-state index contributed by atoms with van der Waals surface area (Å²) in [6.45, 7) is 0.368. The average molecular weight is 260 g/mol. The van der Waals surface area contributed by atoms with Gasteiger partial charge in [0.15, 0.2) is 0 Å². The predicted molar refractivity (Wildman–Crippen MR) is 70.1 cm³/mol. The van der Waals surface area contributed by atoms with Crippen LogP contribution in [-0.2, 0) is 18.4 Å². The molecular formula is C13H16N4O2. The third-order valence-electron chi connectivity index (χ3n) is 2.77. The van der Waals surface area contributed by atoms with Gasteiger partial charge in [-0.2, -0.15) is 5.10 Å². The molecule has 100 valence electrons. The highest BCUT2D eigenvalue weighted by Crippen LogP contribution is 2.11. The fourth-order valence-corrected chi connectivity index (χ4v) is 1.67. The van der Waals surface area contributed by atoms with Crippen molar-refractivity contribution in [1.29, 1.82) is 0 Å². The standard InChI is InChI=1S/C13H16N4O2/c1-17-8-10(7-16-17)12(14)13(19)15-6-9-2-4-11(18)5-3-9/h2-5,7-8,12,18H,6,14H2,1H3,(H,15,19). The number of rotatable bonds is 4. The van der Waals surface area contributed by atoms with Gasteiger partial charge in [0, 0.05) is 25.4 Å². The predicted octanol–water partition coefficient (Wildman–Crippen LogP) is 0.442. The van der Waals surface area contributed by atoms with Crippen molar-refractivity contribution in [2.75, 3.05) is 0 Å². The number of hydrogen-bond donors (Lipinski definition) is 3. The van der Waals surface area contributed by atoms with Crippen LogP contribution in [0, 0.1) is 0 Å². The van der Waals surface area contributed by atoms with Gasteiger partial charge in [-0.25, -0.2) is 0 Å². The Bertz CT molecular complexity index is 562. The zero-order valence-electron chi connectivity index (χ0n) is 10.6. The number of amides is 1. The molecule has 1 unspecified atom stereocenters. The van der Waals surface area contributed by atoms with Gasteiger partial charge in [-0.05, 0) is 17.7 Å². The zero-order chi connectivity index (χ0) is 13.8. The molecule has 2 aromatic rings. The summed E-state index contributed by atoms with van der Waals surface area (Å²) in [5.74, 6) is -0.0665. The summed E-state index contributed by atoms with van der Waals surface area (Å²) in [4.78, 5) is 11.9. The molecule has 0 bridgehead atoms. The van der Waals surface area contributed by atoms with E-state index < -0.39 is 6.04 Å². The van der Waals surface area contributed by atoms with Crippen molar-refractivity contribution < 1.29 is 9.90 Å². The molecular weight excluding hydrogens is 244 g/mol. The molecule has 6 heteroatoms. The van der Waals surface area contributed by atoms with E-state index >= 15 is 0 Å². The van der Waals surface area contributed by atoms with E-state index in [2.05, 4.69) is 10.4 Å². The number of aromatic hydroxyl groups is 1. The van der Waals surface area contributed by atoms with Gasteiger partial charge in [0.05, 0.1) is 6.20 Å². The molecule has 19 heavy (non-hydrogen) atoms. The molecule has 1 amide bonds. The number of carbonyl (C=O) groups excluding carboxylic acids is 1. The average Bonchev–Trinajstić information content (AvgIpc) is 2.83. The van der Waals surface area contributed by atoms with E-state index in [4.69, 9.17) is 10.8 Å². The summed E-state index contributed by atoms with van der Waals surface area (Å²) in [5.41, 5.74) is 7.40. The lowest BCUT2D eigenvalue weighted by Crippen LogP contribution is -2.33. The minimum Gasteiger partial charge on any atom is -0.508 e. The summed E-state index contributed by atoms with van der Waals surface area (Å²) in [7, 11) is 1.77. The second-order valence-corrected chi connectivity index (χ2v) is 4.31. The van der Waals surface area contributed by atoms with E-state index in [-0.39, 0.29) is 11.7 Å². The molecule has 1 heterocycles. The van der Waals surface area contributed by atoms with E-state index in [0.717, 1.165) is 5.56 Å². The second-order valence-electron chi connectivity index (χ2n) is 4.31. The number of aromatic nitrogens is 2. The molecule has 0 aliphatic heterocycles. The summed E-state index contributed by atoms with van der Waals surface area (Å²) < 4.78 is 1.60. The number of aryl methyl sites for hydroxylation is 1. The highest BCUT2D eigenvalue weighted by Gasteiger charge is 2.16. The van der Waals surface area contributed by atoms with Gasteiger partial charge >= 0.3 is 0 Å². The van der Waals surface area contributed by atoms with E-state index in [0.29, 0.717) is 12.1 Å². The third kappa shape index (κ3) is 3.32. The number of nitrogens with one attached hydrogen (secondary N) is 1. The first-order chi connectivity index (χ1) is 9.06. The second kappa shape index (κ2) is 5.53. The lowest BCUT2D eigenvalue weighted by Gasteiger charge is -2.10. The quantitative estimate of drug-likeness (QED) is 0.743. The molecule has 0 saturated carbocycles. The Labute approximate surface area is 110 Å². The van der Waals surface area contributed by atoms with Gasteiger partial charge in [0.2, 0.25) is 5.91 Å². The first-order valence-electron chi connectivity index (χ1n) is 5.86. The van der Waals surface area contributed by atoms with Crippen LogP contribution in [0.5, 0.6) is 5.75 Å². The summed E-state index contributed by atoms with van der Waals surface area (Å²) >= 11 is 0. The fourth-order valence-electron chi connectivity index (χ4n) is 1.67. The molecule has 1 aromatic heterocycles. The van der Waals surface area contributed by atoms with Crippen LogP contribution in [0.15, 0.2) is 36.7 Å². The topological polar surface area (TPSA) is 93.2 Å². The van der Waals surface area contributed by atoms with Crippen LogP contribution in [-0.4, -0.2) is 20.8 Å². The lowest BCUT2D eigenvalue weighted by molar-refractivity contribution is -0.122. The maximum Gasteiger partial charge on any atom is 0.241 e. The molecule has 4 N–H and O–H groups in total. The maximum absolute atomic E-state index is 11.9. The van der Waals surface area contributed by atoms with Crippen molar-refractivity contribution >= 4 is 5.91 Å². The van der Waals surface area contributed by atoms with Crippen molar-refractivity contribution in [2.24, 2.45) is 12.8 Å². The monoisotopic (exact) mass is 260 g/mol. The van der Waals surface area contributed by atoms with Gasteiger partial charge in [0.1, 0.15) is 11.8 Å². The molecule has 0 aliphatic carbocycles. The van der Waals surface area contributed by atoms with Crippen LogP contribution in [0.25, 0.3) is 0 Å². The number of hydrogen-bond acceptors (Lipinski definition) is 4. The van der Waals surface area contributed by atoms with E-state index in [1.54, 1.807) is 48.4 Å². The first-order valence-corrected chi connectivity index (χ1v) is 5.86. The van der Waals surface area contributed by atoms with Gasteiger partial charge in [-0.3, -0.25) is 9.48 Å². The minimum atomic E-state index is -0.731. The Morgan fingerprint density at radius 2 is 2.16 bits per heavy atom. The smallest absolute Gasteiger partial charge is 0.241 e. The molecule has 0 fully saturated rings. The Hall–Kier alpha value is -2.34. The van der Waals surface area contributed by atoms with Gasteiger partial charge in [-0.1, -0.05) is 12.1 Å². The Morgan fingerprint density at radius 3 is 2.74 bits per heavy atom. The Kier molecular flexibility index (Phi) is 3.82. The number of phenolic OH excluding ortho intramolecular Hbond substituents is 1. The van der Waals surface area contributed by atoms with Gasteiger partial charge < -0.3 is 16.2 Å². The molecule has 0 aliphatic rings. The number of phenols is 1. The number of carbonyl (C=O) groups is 1. The largest absolute Gasteiger partial charge is 0.508 e. The summed E-state index contributed by atoms with van der Waals surface area (Å²) in [5, 5.41) is 15.9. The van der Waals surface area contributed by atoms with Crippen molar-refractivity contribution in [3.05, 3.63) is 47.8 Å². The normalized spacial score (nSPS) is 12.1. The molecule has 2 rings (SSSR count). The zero-order valence-corrected chi connectivity index (χ0v) is 10.6. The van der Waals surface area contributed by atoms with Gasteiger partial charge in [-0.15, -0.1) is 0 Å². The Balaban J connectivity index is 1.92. The molecule has 0 saturated heterocycles. The third-order valence-corrected chi connectivity index (χ3v) is 2.77. The van der Waals surface area contributed by atoms with Crippen LogP contribution in [0.3, 0.4) is 0 Å². The number of benzene rings is 1. The lowest BCUT2D eigenvalue weighted by atomic mass is 10.1. The highest BCUT2D eigenvalue weighted by molar-refractivity contribution is 5.82. The van der Waals surface area contributed by atoms with Gasteiger partial charge in [0.25, 0.3) is 0 Å². The molecule has 1 aromatic carbocycles. The minimum absolute atomic E-state index is 0.196. The van der Waals surface area contributed by atoms with Crippen molar-refractivity contribution in [2.45, 2.75) is 12.6 Å². The molecule has 6 nitrogen and oxygen atoms in total. The SMILES string of the molecule is Cn1cc(C(N)C(=O)NCc2ccc(O)cc2)cn1. The highest BCUT2D eigenvalue weighted by atomic mass is 16.3. The fraction of sp³-hybridized carbons (Fsp3) is 0.231. The maximum atomic E-state index is 11.9. The summed E-state index contributed by atoms with van der Waals surface area (Å²) in [6, 6.07) is 5.90.